The quantitative estimate of drug-likeness (QED) is 0.387. The maximum absolute atomic E-state index is 13.7. The summed E-state index contributed by atoms with van der Waals surface area (Å²) >= 11 is 6.20. The molecule has 3 rings (SSSR count). The fraction of sp³-hybridized carbons (Fsp3) is 0.321. The molecule has 0 radical (unpaired) electrons. The average molecular weight is 529 g/mol. The van der Waals surface area contributed by atoms with Gasteiger partial charge in [-0.15, -0.1) is 0 Å². The molecule has 0 aromatic heterocycles. The van der Waals surface area contributed by atoms with Crippen LogP contribution < -0.4 is 14.4 Å². The highest BCUT2D eigenvalue weighted by molar-refractivity contribution is 7.92. The van der Waals surface area contributed by atoms with Crippen LogP contribution in [0.2, 0.25) is 5.02 Å². The third kappa shape index (κ3) is 6.39. The lowest BCUT2D eigenvalue weighted by atomic mass is 9.86. The summed E-state index contributed by atoms with van der Waals surface area (Å²) in [5, 5.41) is 3.24. The van der Waals surface area contributed by atoms with Gasteiger partial charge in [0.2, 0.25) is 5.91 Å². The Labute approximate surface area is 219 Å². The Bertz CT molecular complexity index is 1320. The van der Waals surface area contributed by atoms with E-state index in [0.29, 0.717) is 5.02 Å². The number of hydrogen-bond donors (Lipinski definition) is 1. The summed E-state index contributed by atoms with van der Waals surface area (Å²) in [6, 6.07) is 18.8. The highest BCUT2D eigenvalue weighted by Crippen LogP contribution is 2.35. The summed E-state index contributed by atoms with van der Waals surface area (Å²) in [6.45, 7) is 9.71. The molecule has 0 fully saturated rings. The molecule has 36 heavy (non-hydrogen) atoms. The number of methoxy groups -OCH3 is 1. The van der Waals surface area contributed by atoms with Gasteiger partial charge in [-0.05, 0) is 60.7 Å². The van der Waals surface area contributed by atoms with Gasteiger partial charge in [0.05, 0.1) is 23.7 Å². The van der Waals surface area contributed by atoms with E-state index in [2.05, 4.69) is 26.1 Å². The number of ether oxygens (including phenoxy) is 1. The van der Waals surface area contributed by atoms with E-state index in [1.807, 2.05) is 38.1 Å². The highest BCUT2D eigenvalue weighted by atomic mass is 35.5. The van der Waals surface area contributed by atoms with Crippen molar-refractivity contribution in [3.63, 3.8) is 0 Å². The fourth-order valence-corrected chi connectivity index (χ4v) is 5.36. The number of amides is 1. The molecule has 1 unspecified atom stereocenters. The normalized spacial score (nSPS) is 12.6. The molecule has 0 bridgehead atoms. The van der Waals surface area contributed by atoms with Crippen molar-refractivity contribution in [3.8, 4) is 5.75 Å². The second kappa shape index (κ2) is 10.9. The number of anilines is 1. The first-order chi connectivity index (χ1) is 16.8. The molecule has 0 aliphatic carbocycles. The minimum atomic E-state index is -4.10. The smallest absolute Gasteiger partial charge is 0.264 e. The van der Waals surface area contributed by atoms with Gasteiger partial charge in [-0.3, -0.25) is 9.10 Å². The van der Waals surface area contributed by atoms with E-state index < -0.39 is 22.5 Å². The zero-order valence-electron chi connectivity index (χ0n) is 21.5. The van der Waals surface area contributed by atoms with Crippen molar-refractivity contribution in [2.24, 2.45) is 0 Å². The molecular formula is C28H33ClN2O4S. The van der Waals surface area contributed by atoms with Crippen molar-refractivity contribution in [1.29, 1.82) is 0 Å². The van der Waals surface area contributed by atoms with Gasteiger partial charge in [-0.1, -0.05) is 74.3 Å². The number of sulfonamides is 1. The van der Waals surface area contributed by atoms with Crippen LogP contribution in [0.1, 0.15) is 50.4 Å². The van der Waals surface area contributed by atoms with Crippen molar-refractivity contribution in [2.45, 2.75) is 51.0 Å². The van der Waals surface area contributed by atoms with E-state index >= 15 is 0 Å². The highest BCUT2D eigenvalue weighted by Gasteiger charge is 2.30. The van der Waals surface area contributed by atoms with Gasteiger partial charge < -0.3 is 10.1 Å². The van der Waals surface area contributed by atoms with Gasteiger partial charge in [-0.2, -0.15) is 0 Å². The molecule has 0 aliphatic heterocycles. The summed E-state index contributed by atoms with van der Waals surface area (Å²) in [4.78, 5) is 13.2. The predicted molar refractivity (Wildman–Crippen MR) is 145 cm³/mol. The van der Waals surface area contributed by atoms with Crippen LogP contribution in [-0.4, -0.2) is 28.0 Å². The third-order valence-corrected chi connectivity index (χ3v) is 7.97. The lowest BCUT2D eigenvalue weighted by Crippen LogP contribution is -2.41. The van der Waals surface area contributed by atoms with Crippen LogP contribution in [-0.2, 0) is 20.2 Å². The summed E-state index contributed by atoms with van der Waals surface area (Å²) in [5.41, 5.74) is 3.23. The minimum Gasteiger partial charge on any atom is -0.495 e. The first-order valence-electron chi connectivity index (χ1n) is 11.7. The van der Waals surface area contributed by atoms with Crippen LogP contribution in [0.5, 0.6) is 5.75 Å². The first-order valence-corrected chi connectivity index (χ1v) is 13.5. The molecule has 8 heteroatoms. The lowest BCUT2D eigenvalue weighted by molar-refractivity contribution is -0.120. The van der Waals surface area contributed by atoms with Crippen LogP contribution in [0.25, 0.3) is 0 Å². The Morgan fingerprint density at radius 3 is 2.19 bits per heavy atom. The summed E-state index contributed by atoms with van der Waals surface area (Å²) in [7, 11) is -2.67. The van der Waals surface area contributed by atoms with Crippen LogP contribution in [0.4, 0.5) is 5.69 Å². The van der Waals surface area contributed by atoms with E-state index in [9.17, 15) is 13.2 Å². The van der Waals surface area contributed by atoms with Crippen molar-refractivity contribution < 1.29 is 17.9 Å². The molecule has 0 aliphatic rings. The van der Waals surface area contributed by atoms with Crippen molar-refractivity contribution in [1.82, 2.24) is 5.32 Å². The molecular weight excluding hydrogens is 496 g/mol. The van der Waals surface area contributed by atoms with E-state index in [0.717, 1.165) is 15.4 Å². The Morgan fingerprint density at radius 1 is 1.03 bits per heavy atom. The van der Waals surface area contributed by atoms with Crippen LogP contribution in [0.15, 0.2) is 71.6 Å². The molecule has 1 amide bonds. The van der Waals surface area contributed by atoms with Crippen molar-refractivity contribution in [2.75, 3.05) is 18.0 Å². The summed E-state index contributed by atoms with van der Waals surface area (Å²) in [5.74, 6) is -0.172. The average Bonchev–Trinajstić information content (AvgIpc) is 2.82. The summed E-state index contributed by atoms with van der Waals surface area (Å²) in [6.07, 6.45) is 0. The van der Waals surface area contributed by atoms with Crippen LogP contribution in [0, 0.1) is 6.92 Å². The van der Waals surface area contributed by atoms with E-state index in [4.69, 9.17) is 16.3 Å². The van der Waals surface area contributed by atoms with E-state index in [-0.39, 0.29) is 27.8 Å². The maximum atomic E-state index is 13.7. The monoisotopic (exact) mass is 528 g/mol. The zero-order chi connectivity index (χ0) is 26.7. The Balaban J connectivity index is 1.92. The number of nitrogens with one attached hydrogen (secondary N) is 1. The standard InChI is InChI=1S/C28H33ClN2O4S/c1-19-7-14-24(15-8-19)36(33,34)31(25-17-23(29)13-16-26(25)35-6)18-27(32)30-20(2)21-9-11-22(12-10-21)28(3,4)5/h7-17,20H,18H2,1-6H3,(H,30,32). The Kier molecular flexibility index (Phi) is 8.37. The Hall–Kier alpha value is -3.03. The Morgan fingerprint density at radius 2 is 1.64 bits per heavy atom. The molecule has 3 aromatic rings. The van der Waals surface area contributed by atoms with Crippen LogP contribution in [0.3, 0.4) is 0 Å². The second-order valence-electron chi connectivity index (χ2n) is 9.80. The van der Waals surface area contributed by atoms with Gasteiger partial charge in [-0.25, -0.2) is 8.42 Å². The number of hydrogen-bond acceptors (Lipinski definition) is 4. The van der Waals surface area contributed by atoms with E-state index in [1.165, 1.54) is 30.9 Å². The van der Waals surface area contributed by atoms with E-state index in [1.54, 1.807) is 24.3 Å². The van der Waals surface area contributed by atoms with Gasteiger partial charge in [0.25, 0.3) is 10.0 Å². The topological polar surface area (TPSA) is 75.7 Å². The van der Waals surface area contributed by atoms with Gasteiger partial charge >= 0.3 is 0 Å². The number of nitrogens with zero attached hydrogens (tertiary/aromatic N) is 1. The number of carbonyl (C=O) groups is 1. The second-order valence-corrected chi connectivity index (χ2v) is 12.1. The third-order valence-electron chi connectivity index (χ3n) is 5.96. The molecule has 0 spiro atoms. The summed E-state index contributed by atoms with van der Waals surface area (Å²) < 4.78 is 33.8. The molecule has 1 N–H and O–H groups in total. The van der Waals surface area contributed by atoms with Crippen LogP contribution >= 0.6 is 11.6 Å². The lowest BCUT2D eigenvalue weighted by Gasteiger charge is -2.27. The van der Waals surface area contributed by atoms with Gasteiger partial charge in [0, 0.05) is 5.02 Å². The molecule has 0 heterocycles. The maximum Gasteiger partial charge on any atom is 0.264 e. The molecule has 1 atom stereocenters. The zero-order valence-corrected chi connectivity index (χ0v) is 23.1. The van der Waals surface area contributed by atoms with Gasteiger partial charge in [0.1, 0.15) is 12.3 Å². The number of benzene rings is 3. The molecule has 0 saturated carbocycles. The molecule has 3 aromatic carbocycles. The molecule has 0 saturated heterocycles. The molecule has 6 nitrogen and oxygen atoms in total. The molecule has 192 valence electrons. The van der Waals surface area contributed by atoms with Crippen molar-refractivity contribution in [3.05, 3.63) is 88.4 Å². The number of aryl methyl sites for hydroxylation is 1. The minimum absolute atomic E-state index is 0.0197. The predicted octanol–water partition coefficient (Wildman–Crippen LogP) is 6.03. The first kappa shape index (κ1) is 27.6. The number of rotatable bonds is 8. The largest absolute Gasteiger partial charge is 0.495 e. The van der Waals surface area contributed by atoms with Crippen molar-refractivity contribution >= 4 is 33.2 Å². The SMILES string of the molecule is COc1ccc(Cl)cc1N(CC(=O)NC(C)c1ccc(C(C)(C)C)cc1)S(=O)(=O)c1ccc(C)cc1. The van der Waals surface area contributed by atoms with Gasteiger partial charge in [0.15, 0.2) is 0 Å². The number of halogens is 1. The fourth-order valence-electron chi connectivity index (χ4n) is 3.77. The number of carbonyl (C=O) groups excluding carboxylic acids is 1.